The molecular formula is C12H8BrN3. The van der Waals surface area contributed by atoms with E-state index in [0.29, 0.717) is 0 Å². The molecule has 0 amide bonds. The highest BCUT2D eigenvalue weighted by Crippen LogP contribution is 2.19. The summed E-state index contributed by atoms with van der Waals surface area (Å²) in [6.07, 6.45) is 3.67. The van der Waals surface area contributed by atoms with E-state index in [2.05, 4.69) is 26.0 Å². The van der Waals surface area contributed by atoms with Crippen molar-refractivity contribution >= 4 is 21.6 Å². The van der Waals surface area contributed by atoms with E-state index >= 15 is 0 Å². The van der Waals surface area contributed by atoms with Gasteiger partial charge in [0.05, 0.1) is 10.2 Å². The summed E-state index contributed by atoms with van der Waals surface area (Å²) in [6.45, 7) is 0. The van der Waals surface area contributed by atoms with Crippen LogP contribution in [0.1, 0.15) is 0 Å². The summed E-state index contributed by atoms with van der Waals surface area (Å²) in [5.74, 6) is 0. The third kappa shape index (κ3) is 1.61. The fourth-order valence-corrected chi connectivity index (χ4v) is 1.90. The minimum absolute atomic E-state index is 0.849. The second kappa shape index (κ2) is 3.72. The van der Waals surface area contributed by atoms with Crippen LogP contribution in [0, 0.1) is 0 Å². The van der Waals surface area contributed by atoms with Crippen LogP contribution < -0.4 is 0 Å². The molecule has 0 radical (unpaired) electrons. The van der Waals surface area contributed by atoms with Crippen molar-refractivity contribution in [3.8, 4) is 11.3 Å². The maximum atomic E-state index is 4.47. The minimum atomic E-state index is 0.849. The van der Waals surface area contributed by atoms with Gasteiger partial charge in [-0.1, -0.05) is 30.3 Å². The van der Waals surface area contributed by atoms with E-state index in [1.807, 2.05) is 42.6 Å². The molecule has 0 atom stereocenters. The molecule has 4 heteroatoms. The predicted molar refractivity (Wildman–Crippen MR) is 66.1 cm³/mol. The number of aromatic nitrogens is 3. The zero-order valence-electron chi connectivity index (χ0n) is 8.34. The average Bonchev–Trinajstić information content (AvgIpc) is 2.73. The van der Waals surface area contributed by atoms with E-state index in [4.69, 9.17) is 0 Å². The van der Waals surface area contributed by atoms with E-state index in [1.54, 1.807) is 10.7 Å². The lowest BCUT2D eigenvalue weighted by atomic mass is 10.2. The first-order chi connectivity index (χ1) is 7.83. The lowest BCUT2D eigenvalue weighted by molar-refractivity contribution is 0.937. The maximum Gasteiger partial charge on any atom is 0.155 e. The average molecular weight is 274 g/mol. The third-order valence-corrected chi connectivity index (χ3v) is 2.76. The van der Waals surface area contributed by atoms with Gasteiger partial charge < -0.3 is 0 Å². The second-order valence-corrected chi connectivity index (χ2v) is 4.39. The van der Waals surface area contributed by atoms with Gasteiger partial charge in [0.25, 0.3) is 0 Å². The Balaban J connectivity index is 2.19. The van der Waals surface area contributed by atoms with Crippen LogP contribution in [0.2, 0.25) is 0 Å². The van der Waals surface area contributed by atoms with E-state index in [1.165, 1.54) is 0 Å². The maximum absolute atomic E-state index is 4.47. The Labute approximate surface area is 101 Å². The smallest absolute Gasteiger partial charge is 0.155 e. The molecule has 0 saturated carbocycles. The van der Waals surface area contributed by atoms with Gasteiger partial charge in [0.1, 0.15) is 0 Å². The van der Waals surface area contributed by atoms with E-state index < -0.39 is 0 Å². The summed E-state index contributed by atoms with van der Waals surface area (Å²) < 4.78 is 2.69. The SMILES string of the molecule is Brc1cnc2cc(-c3ccccc3)nn2c1. The monoisotopic (exact) mass is 273 g/mol. The Kier molecular flexibility index (Phi) is 2.22. The highest BCUT2D eigenvalue weighted by molar-refractivity contribution is 9.10. The van der Waals surface area contributed by atoms with Crippen molar-refractivity contribution in [1.82, 2.24) is 14.6 Å². The van der Waals surface area contributed by atoms with E-state index in [0.717, 1.165) is 21.4 Å². The summed E-state index contributed by atoms with van der Waals surface area (Å²) in [5, 5.41) is 4.47. The normalized spacial score (nSPS) is 10.8. The van der Waals surface area contributed by atoms with Crippen molar-refractivity contribution in [2.45, 2.75) is 0 Å². The highest BCUT2D eigenvalue weighted by Gasteiger charge is 2.04. The summed E-state index contributed by atoms with van der Waals surface area (Å²) >= 11 is 3.37. The largest absolute Gasteiger partial charge is 0.236 e. The third-order valence-electron chi connectivity index (χ3n) is 2.35. The second-order valence-electron chi connectivity index (χ2n) is 3.47. The molecule has 1 aromatic carbocycles. The van der Waals surface area contributed by atoms with Crippen LogP contribution in [0.4, 0.5) is 0 Å². The Bertz CT molecular complexity index is 631. The zero-order valence-corrected chi connectivity index (χ0v) is 9.92. The molecule has 2 heterocycles. The molecule has 0 unspecified atom stereocenters. The molecule has 0 fully saturated rings. The molecule has 0 saturated heterocycles. The molecule has 0 aliphatic rings. The molecule has 0 aliphatic heterocycles. The van der Waals surface area contributed by atoms with Crippen LogP contribution in [0.3, 0.4) is 0 Å². The van der Waals surface area contributed by atoms with Gasteiger partial charge in [0.2, 0.25) is 0 Å². The Hall–Kier alpha value is -1.68. The van der Waals surface area contributed by atoms with Crippen molar-refractivity contribution in [2.24, 2.45) is 0 Å². The zero-order chi connectivity index (χ0) is 11.0. The predicted octanol–water partition coefficient (Wildman–Crippen LogP) is 3.16. The Morgan fingerprint density at radius 3 is 2.75 bits per heavy atom. The Morgan fingerprint density at radius 1 is 1.12 bits per heavy atom. The van der Waals surface area contributed by atoms with E-state index in [-0.39, 0.29) is 0 Å². The molecule has 2 aromatic heterocycles. The van der Waals surface area contributed by atoms with Gasteiger partial charge in [0, 0.05) is 24.0 Å². The molecule has 0 bridgehead atoms. The van der Waals surface area contributed by atoms with E-state index in [9.17, 15) is 0 Å². The van der Waals surface area contributed by atoms with Gasteiger partial charge in [0.15, 0.2) is 5.65 Å². The minimum Gasteiger partial charge on any atom is -0.236 e. The number of halogens is 1. The van der Waals surface area contributed by atoms with Crippen LogP contribution in [0.25, 0.3) is 16.9 Å². The number of nitrogens with zero attached hydrogens (tertiary/aromatic N) is 3. The van der Waals surface area contributed by atoms with Crippen LogP contribution in [0.5, 0.6) is 0 Å². The number of rotatable bonds is 1. The first kappa shape index (κ1) is 9.54. The number of fused-ring (bicyclic) bond motifs is 1. The van der Waals surface area contributed by atoms with Gasteiger partial charge in [-0.15, -0.1) is 0 Å². The molecule has 0 aliphatic carbocycles. The van der Waals surface area contributed by atoms with Gasteiger partial charge in [-0.25, -0.2) is 9.50 Å². The number of hydrogen-bond donors (Lipinski definition) is 0. The van der Waals surface area contributed by atoms with Crippen LogP contribution >= 0.6 is 15.9 Å². The fraction of sp³-hybridized carbons (Fsp3) is 0. The highest BCUT2D eigenvalue weighted by atomic mass is 79.9. The molecular weight excluding hydrogens is 266 g/mol. The summed E-state index contributed by atoms with van der Waals surface area (Å²) in [6, 6.07) is 12.1. The number of benzene rings is 1. The number of hydrogen-bond acceptors (Lipinski definition) is 2. The first-order valence-electron chi connectivity index (χ1n) is 4.89. The van der Waals surface area contributed by atoms with Gasteiger partial charge in [-0.3, -0.25) is 0 Å². The van der Waals surface area contributed by atoms with Crippen molar-refractivity contribution in [1.29, 1.82) is 0 Å². The van der Waals surface area contributed by atoms with Crippen LogP contribution in [0.15, 0.2) is 53.3 Å². The lowest BCUT2D eigenvalue weighted by Crippen LogP contribution is -1.88. The van der Waals surface area contributed by atoms with Gasteiger partial charge in [-0.05, 0) is 15.9 Å². The quantitative estimate of drug-likeness (QED) is 0.682. The molecule has 3 aromatic rings. The molecule has 0 spiro atoms. The fourth-order valence-electron chi connectivity index (χ4n) is 1.60. The van der Waals surface area contributed by atoms with Crippen molar-refractivity contribution in [3.05, 3.63) is 53.3 Å². The summed E-state index contributed by atoms with van der Waals surface area (Å²) in [4.78, 5) is 4.28. The van der Waals surface area contributed by atoms with Gasteiger partial charge in [-0.2, -0.15) is 5.10 Å². The summed E-state index contributed by atoms with van der Waals surface area (Å²) in [7, 11) is 0. The van der Waals surface area contributed by atoms with Crippen molar-refractivity contribution in [2.75, 3.05) is 0 Å². The van der Waals surface area contributed by atoms with Gasteiger partial charge >= 0.3 is 0 Å². The standard InChI is InChI=1S/C12H8BrN3/c13-10-7-14-12-6-11(15-16(12)8-10)9-4-2-1-3-5-9/h1-8H. The molecule has 16 heavy (non-hydrogen) atoms. The molecule has 3 rings (SSSR count). The summed E-state index contributed by atoms with van der Waals surface area (Å²) in [5.41, 5.74) is 2.89. The lowest BCUT2D eigenvalue weighted by Gasteiger charge is -1.93. The van der Waals surface area contributed by atoms with Crippen molar-refractivity contribution in [3.63, 3.8) is 0 Å². The van der Waals surface area contributed by atoms with Crippen LogP contribution in [-0.2, 0) is 0 Å². The first-order valence-corrected chi connectivity index (χ1v) is 5.68. The van der Waals surface area contributed by atoms with Crippen molar-refractivity contribution < 1.29 is 0 Å². The van der Waals surface area contributed by atoms with Crippen LogP contribution in [-0.4, -0.2) is 14.6 Å². The molecule has 0 N–H and O–H groups in total. The topological polar surface area (TPSA) is 30.2 Å². The Morgan fingerprint density at radius 2 is 1.94 bits per heavy atom. The molecule has 78 valence electrons. The molecule has 3 nitrogen and oxygen atoms in total.